The van der Waals surface area contributed by atoms with Crippen molar-refractivity contribution in [1.29, 1.82) is 0 Å². The van der Waals surface area contributed by atoms with Crippen LogP contribution in [0.4, 0.5) is 0 Å². The first-order chi connectivity index (χ1) is 11.9. The van der Waals surface area contributed by atoms with E-state index in [0.717, 1.165) is 40.9 Å². The van der Waals surface area contributed by atoms with Crippen LogP contribution in [-0.4, -0.2) is 0 Å². The first-order valence-corrected chi connectivity index (χ1v) is 11.9. The summed E-state index contributed by atoms with van der Waals surface area (Å²) in [5, 5.41) is 0. The topological polar surface area (TPSA) is 0 Å². The van der Waals surface area contributed by atoms with Crippen LogP contribution in [0.1, 0.15) is 105 Å². The summed E-state index contributed by atoms with van der Waals surface area (Å²) in [6, 6.07) is 0. The minimum Gasteiger partial charge on any atom is -0.0625 e. The highest BCUT2D eigenvalue weighted by Crippen LogP contribution is 2.73. The van der Waals surface area contributed by atoms with Crippen LogP contribution >= 0.6 is 0 Å². The average molecular weight is 343 g/mol. The molecule has 0 radical (unpaired) electrons. The third kappa shape index (κ3) is 2.12. The lowest BCUT2D eigenvalue weighted by molar-refractivity contribution is -0.169. The van der Waals surface area contributed by atoms with Gasteiger partial charge in [0.1, 0.15) is 0 Å². The number of fused-ring (bicyclic) bond motifs is 4. The lowest BCUT2D eigenvalue weighted by Crippen LogP contribution is -2.58. The number of hydrogen-bond acceptors (Lipinski definition) is 0. The van der Waals surface area contributed by atoms with Gasteiger partial charge in [-0.25, -0.2) is 0 Å². The Bertz CT molecular complexity index is 536. The van der Waals surface area contributed by atoms with E-state index in [1.165, 1.54) is 32.1 Å². The van der Waals surface area contributed by atoms with Gasteiger partial charge >= 0.3 is 0 Å². The van der Waals surface area contributed by atoms with Crippen molar-refractivity contribution in [3.63, 3.8) is 0 Å². The molecule has 0 aromatic carbocycles. The minimum atomic E-state index is 0.647. The molecule has 0 bridgehead atoms. The van der Waals surface area contributed by atoms with Crippen LogP contribution in [0.15, 0.2) is 0 Å². The highest BCUT2D eigenvalue weighted by atomic mass is 14.7. The SMILES string of the molecule is CC1CCCC23CCC4C(CC[C@@]5(C)C[C@H](C)CCC45C)C2CCC13. The molecule has 0 nitrogen and oxygen atoms in total. The molecule has 5 aliphatic rings. The van der Waals surface area contributed by atoms with Crippen LogP contribution in [0.3, 0.4) is 0 Å². The van der Waals surface area contributed by atoms with E-state index in [2.05, 4.69) is 27.7 Å². The van der Waals surface area contributed by atoms with E-state index in [1.54, 1.807) is 44.9 Å². The molecule has 0 saturated heterocycles. The molecule has 5 aliphatic carbocycles. The Morgan fingerprint density at radius 1 is 0.680 bits per heavy atom. The zero-order valence-corrected chi connectivity index (χ0v) is 17.4. The lowest BCUT2D eigenvalue weighted by Gasteiger charge is -2.66. The third-order valence-corrected chi connectivity index (χ3v) is 11.4. The summed E-state index contributed by atoms with van der Waals surface area (Å²) in [6.45, 7) is 10.6. The number of rotatable bonds is 0. The van der Waals surface area contributed by atoms with Gasteiger partial charge in [-0.2, -0.15) is 0 Å². The summed E-state index contributed by atoms with van der Waals surface area (Å²) in [5.41, 5.74) is 2.10. The summed E-state index contributed by atoms with van der Waals surface area (Å²) in [4.78, 5) is 0. The fourth-order valence-corrected chi connectivity index (χ4v) is 10.1. The van der Waals surface area contributed by atoms with Gasteiger partial charge in [-0.05, 0) is 110 Å². The van der Waals surface area contributed by atoms with E-state index in [0.29, 0.717) is 10.8 Å². The molecule has 0 heteroatoms. The van der Waals surface area contributed by atoms with Crippen molar-refractivity contribution in [2.75, 3.05) is 0 Å². The summed E-state index contributed by atoms with van der Waals surface area (Å²) in [6.07, 6.45) is 18.7. The molecule has 0 aromatic rings. The van der Waals surface area contributed by atoms with Gasteiger partial charge in [0.15, 0.2) is 0 Å². The molecular weight excluding hydrogens is 300 g/mol. The van der Waals surface area contributed by atoms with E-state index in [4.69, 9.17) is 0 Å². The molecule has 5 rings (SSSR count). The van der Waals surface area contributed by atoms with Crippen molar-refractivity contribution in [3.05, 3.63) is 0 Å². The quantitative estimate of drug-likeness (QED) is 0.428. The van der Waals surface area contributed by atoms with E-state index >= 15 is 0 Å². The monoisotopic (exact) mass is 342 g/mol. The van der Waals surface area contributed by atoms with Crippen molar-refractivity contribution in [2.24, 2.45) is 51.8 Å². The van der Waals surface area contributed by atoms with Crippen molar-refractivity contribution in [1.82, 2.24) is 0 Å². The van der Waals surface area contributed by atoms with E-state index < -0.39 is 0 Å². The maximum Gasteiger partial charge on any atom is -0.0235 e. The smallest absolute Gasteiger partial charge is 0.0235 e. The highest BCUT2D eigenvalue weighted by Gasteiger charge is 2.64. The summed E-state index contributed by atoms with van der Waals surface area (Å²) < 4.78 is 0. The van der Waals surface area contributed by atoms with Gasteiger partial charge in [0.05, 0.1) is 0 Å². The Morgan fingerprint density at radius 2 is 1.48 bits per heavy atom. The highest BCUT2D eigenvalue weighted by molar-refractivity contribution is 5.14. The Balaban J connectivity index is 1.47. The molecule has 5 saturated carbocycles. The molecule has 0 aromatic heterocycles. The fourth-order valence-electron chi connectivity index (χ4n) is 10.1. The molecule has 0 heterocycles. The molecule has 142 valence electrons. The summed E-state index contributed by atoms with van der Waals surface area (Å²) in [5.74, 6) is 6.36. The van der Waals surface area contributed by atoms with Crippen molar-refractivity contribution < 1.29 is 0 Å². The van der Waals surface area contributed by atoms with Gasteiger partial charge < -0.3 is 0 Å². The molecule has 5 fully saturated rings. The first kappa shape index (κ1) is 17.1. The lowest BCUT2D eigenvalue weighted by atomic mass is 9.39. The summed E-state index contributed by atoms with van der Waals surface area (Å²) in [7, 11) is 0. The molecule has 0 aliphatic heterocycles. The van der Waals surface area contributed by atoms with Crippen molar-refractivity contribution in [3.8, 4) is 0 Å². The van der Waals surface area contributed by atoms with Crippen LogP contribution in [0.25, 0.3) is 0 Å². The van der Waals surface area contributed by atoms with Crippen molar-refractivity contribution >= 4 is 0 Å². The second-order valence-corrected chi connectivity index (χ2v) is 12.1. The van der Waals surface area contributed by atoms with Gasteiger partial charge in [0.2, 0.25) is 0 Å². The van der Waals surface area contributed by atoms with Gasteiger partial charge in [0, 0.05) is 0 Å². The Labute approximate surface area is 156 Å². The standard InChI is InChI=1S/C25H42/c1-17-9-14-24(4)21-11-15-25-12-5-6-18(2)20(25)7-8-22(25)19(21)10-13-23(24,3)16-17/h17-22H,5-16H2,1-4H3/t17-,18?,19?,20?,21?,22?,23+,24?,25?/m1/s1. The Morgan fingerprint density at radius 3 is 2.32 bits per heavy atom. The fraction of sp³-hybridized carbons (Fsp3) is 1.00. The predicted octanol–water partition coefficient (Wildman–Crippen LogP) is 7.47. The normalized spacial score (nSPS) is 61.0. The number of hydrogen-bond donors (Lipinski definition) is 0. The molecular formula is C25H42. The zero-order valence-electron chi connectivity index (χ0n) is 17.4. The van der Waals surface area contributed by atoms with E-state index in [9.17, 15) is 0 Å². The maximum absolute atomic E-state index is 2.75. The van der Waals surface area contributed by atoms with Crippen LogP contribution < -0.4 is 0 Å². The van der Waals surface area contributed by atoms with Gasteiger partial charge in [-0.3, -0.25) is 0 Å². The third-order valence-electron chi connectivity index (χ3n) is 11.4. The second kappa shape index (κ2) is 5.51. The average Bonchev–Trinajstić information content (AvgIpc) is 2.97. The predicted molar refractivity (Wildman–Crippen MR) is 106 cm³/mol. The van der Waals surface area contributed by atoms with Crippen LogP contribution in [-0.2, 0) is 0 Å². The second-order valence-electron chi connectivity index (χ2n) is 12.1. The largest absolute Gasteiger partial charge is 0.0625 e. The van der Waals surface area contributed by atoms with Crippen LogP contribution in [0.5, 0.6) is 0 Å². The Kier molecular flexibility index (Phi) is 3.77. The van der Waals surface area contributed by atoms with Crippen molar-refractivity contribution in [2.45, 2.75) is 105 Å². The van der Waals surface area contributed by atoms with E-state index in [-0.39, 0.29) is 0 Å². The minimum absolute atomic E-state index is 0.647. The molecule has 25 heavy (non-hydrogen) atoms. The maximum atomic E-state index is 2.75. The molecule has 0 N–H and O–H groups in total. The molecule has 9 atom stereocenters. The van der Waals surface area contributed by atoms with Crippen LogP contribution in [0.2, 0.25) is 0 Å². The molecule has 7 unspecified atom stereocenters. The zero-order chi connectivity index (χ0) is 17.4. The van der Waals surface area contributed by atoms with Gasteiger partial charge in [0.25, 0.3) is 0 Å². The van der Waals surface area contributed by atoms with E-state index in [1.807, 2.05) is 0 Å². The van der Waals surface area contributed by atoms with Gasteiger partial charge in [-0.1, -0.05) is 47.0 Å². The van der Waals surface area contributed by atoms with Gasteiger partial charge in [-0.15, -0.1) is 0 Å². The molecule has 1 spiro atoms. The van der Waals surface area contributed by atoms with Crippen LogP contribution in [0, 0.1) is 51.8 Å². The summed E-state index contributed by atoms with van der Waals surface area (Å²) >= 11 is 0. The Hall–Kier alpha value is 0. The first-order valence-electron chi connectivity index (χ1n) is 11.9. The molecule has 0 amide bonds.